The van der Waals surface area contributed by atoms with Crippen LogP contribution in [0.5, 0.6) is 5.75 Å². The molecule has 0 N–H and O–H groups in total. The van der Waals surface area contributed by atoms with E-state index in [0.717, 1.165) is 25.3 Å². The quantitative estimate of drug-likeness (QED) is 0.314. The molecular formula is C28H31NO2. The van der Waals surface area contributed by atoms with Gasteiger partial charge in [-0.15, -0.1) is 0 Å². The Labute approximate surface area is 185 Å². The van der Waals surface area contributed by atoms with E-state index in [1.54, 1.807) is 0 Å². The van der Waals surface area contributed by atoms with Crippen molar-refractivity contribution in [3.05, 3.63) is 101 Å². The first-order valence-electron chi connectivity index (χ1n) is 11.0. The molecule has 1 aliphatic heterocycles. The number of epoxide rings is 1. The molecule has 3 aromatic carbocycles. The van der Waals surface area contributed by atoms with Gasteiger partial charge in [-0.3, -0.25) is 0 Å². The van der Waals surface area contributed by atoms with Crippen molar-refractivity contribution in [3.63, 3.8) is 0 Å². The second-order valence-electron chi connectivity index (χ2n) is 8.19. The summed E-state index contributed by atoms with van der Waals surface area (Å²) in [4.78, 5) is 2.12. The van der Waals surface area contributed by atoms with Crippen LogP contribution in [0.2, 0.25) is 0 Å². The van der Waals surface area contributed by atoms with Crippen molar-refractivity contribution in [2.45, 2.75) is 19.4 Å². The fourth-order valence-corrected chi connectivity index (χ4v) is 3.85. The number of nitrogens with zero attached hydrogens (tertiary/aromatic N) is 1. The van der Waals surface area contributed by atoms with Gasteiger partial charge in [-0.25, -0.2) is 0 Å². The third kappa shape index (κ3) is 5.43. The first kappa shape index (κ1) is 21.4. The smallest absolute Gasteiger partial charge is 0.119 e. The van der Waals surface area contributed by atoms with Crippen LogP contribution in [0.15, 0.2) is 78.9 Å². The molecular weight excluding hydrogens is 382 g/mol. The zero-order valence-corrected chi connectivity index (χ0v) is 18.7. The minimum atomic E-state index is 0.278. The summed E-state index contributed by atoms with van der Waals surface area (Å²) in [5.41, 5.74) is 7.57. The van der Waals surface area contributed by atoms with E-state index in [9.17, 15) is 0 Å². The van der Waals surface area contributed by atoms with Gasteiger partial charge in [-0.2, -0.15) is 0 Å². The van der Waals surface area contributed by atoms with Crippen LogP contribution in [-0.4, -0.2) is 38.8 Å². The molecule has 0 radical (unpaired) electrons. The Morgan fingerprint density at radius 3 is 2.03 bits per heavy atom. The van der Waals surface area contributed by atoms with Gasteiger partial charge in [0.05, 0.1) is 6.61 Å². The monoisotopic (exact) mass is 413 g/mol. The average molecular weight is 414 g/mol. The Balaban J connectivity index is 1.71. The molecule has 1 heterocycles. The van der Waals surface area contributed by atoms with Gasteiger partial charge < -0.3 is 14.4 Å². The SMILES string of the molecule is CC/C(=C(/c1ccc(OCCN(C)C)cc1)c1ccc(C2CO2)cc1)c1ccccc1. The summed E-state index contributed by atoms with van der Waals surface area (Å²) in [6.07, 6.45) is 1.23. The van der Waals surface area contributed by atoms with Crippen LogP contribution in [-0.2, 0) is 4.74 Å². The standard InChI is InChI=1S/C28H31NO2/c1-4-26(21-8-6-5-7-9-21)28(23-12-10-22(11-13-23)27-20-31-27)24-14-16-25(17-15-24)30-19-18-29(2)3/h5-17,27H,4,18-20H2,1-3H3/b28-26-. The maximum atomic E-state index is 5.91. The van der Waals surface area contributed by atoms with E-state index in [4.69, 9.17) is 9.47 Å². The van der Waals surface area contributed by atoms with Crippen molar-refractivity contribution in [2.24, 2.45) is 0 Å². The molecule has 0 saturated carbocycles. The van der Waals surface area contributed by atoms with E-state index in [1.165, 1.54) is 33.4 Å². The predicted octanol–water partition coefficient (Wildman–Crippen LogP) is 6.07. The van der Waals surface area contributed by atoms with Crippen LogP contribution in [0.25, 0.3) is 11.1 Å². The number of benzene rings is 3. The summed E-state index contributed by atoms with van der Waals surface area (Å²) in [7, 11) is 4.11. The van der Waals surface area contributed by atoms with Crippen molar-refractivity contribution in [3.8, 4) is 5.75 Å². The third-order valence-corrected chi connectivity index (χ3v) is 5.63. The van der Waals surface area contributed by atoms with Crippen LogP contribution in [0.4, 0.5) is 0 Å². The van der Waals surface area contributed by atoms with Crippen molar-refractivity contribution >= 4 is 11.1 Å². The summed E-state index contributed by atoms with van der Waals surface area (Å²) < 4.78 is 11.4. The molecule has 1 saturated heterocycles. The van der Waals surface area contributed by atoms with Crippen LogP contribution < -0.4 is 4.74 Å². The van der Waals surface area contributed by atoms with Gasteiger partial charge in [0.25, 0.3) is 0 Å². The normalized spacial score (nSPS) is 16.2. The molecule has 31 heavy (non-hydrogen) atoms. The third-order valence-electron chi connectivity index (χ3n) is 5.63. The molecule has 1 fully saturated rings. The number of hydrogen-bond acceptors (Lipinski definition) is 3. The van der Waals surface area contributed by atoms with E-state index in [2.05, 4.69) is 105 Å². The van der Waals surface area contributed by atoms with E-state index < -0.39 is 0 Å². The lowest BCUT2D eigenvalue weighted by molar-refractivity contribution is 0.261. The maximum absolute atomic E-state index is 5.91. The van der Waals surface area contributed by atoms with Gasteiger partial charge in [0.2, 0.25) is 0 Å². The van der Waals surface area contributed by atoms with E-state index in [1.807, 2.05) is 0 Å². The highest BCUT2D eigenvalue weighted by Crippen LogP contribution is 2.36. The molecule has 0 amide bonds. The topological polar surface area (TPSA) is 25.0 Å². The van der Waals surface area contributed by atoms with Crippen molar-refractivity contribution in [1.29, 1.82) is 0 Å². The highest BCUT2D eigenvalue weighted by atomic mass is 16.6. The van der Waals surface area contributed by atoms with Gasteiger partial charge in [-0.05, 0) is 66.0 Å². The summed E-state index contributed by atoms with van der Waals surface area (Å²) >= 11 is 0. The first-order chi connectivity index (χ1) is 15.2. The van der Waals surface area contributed by atoms with Crippen LogP contribution >= 0.6 is 0 Å². The Bertz CT molecular complexity index is 1000. The van der Waals surface area contributed by atoms with Crippen molar-refractivity contribution in [2.75, 3.05) is 33.9 Å². The second kappa shape index (κ2) is 9.95. The first-order valence-corrected chi connectivity index (χ1v) is 11.0. The molecule has 4 rings (SSSR count). The second-order valence-corrected chi connectivity index (χ2v) is 8.19. The maximum Gasteiger partial charge on any atom is 0.119 e. The molecule has 0 bridgehead atoms. The lowest BCUT2D eigenvalue weighted by atomic mass is 9.88. The van der Waals surface area contributed by atoms with Gasteiger partial charge in [-0.1, -0.05) is 73.7 Å². The highest BCUT2D eigenvalue weighted by molar-refractivity contribution is 5.98. The average Bonchev–Trinajstić information content (AvgIpc) is 3.64. The number of rotatable bonds is 9. The van der Waals surface area contributed by atoms with E-state index >= 15 is 0 Å². The van der Waals surface area contributed by atoms with Crippen LogP contribution in [0.1, 0.15) is 41.7 Å². The van der Waals surface area contributed by atoms with Crippen molar-refractivity contribution < 1.29 is 9.47 Å². The number of likely N-dealkylation sites (N-methyl/N-ethyl adjacent to an activating group) is 1. The minimum absolute atomic E-state index is 0.278. The Morgan fingerprint density at radius 1 is 0.871 bits per heavy atom. The van der Waals surface area contributed by atoms with Gasteiger partial charge in [0, 0.05) is 6.54 Å². The predicted molar refractivity (Wildman–Crippen MR) is 128 cm³/mol. The number of allylic oxidation sites excluding steroid dienone is 1. The molecule has 0 spiro atoms. The van der Waals surface area contributed by atoms with Gasteiger partial charge >= 0.3 is 0 Å². The zero-order chi connectivity index (χ0) is 21.6. The summed E-state index contributed by atoms with van der Waals surface area (Å²) in [5, 5.41) is 0. The van der Waals surface area contributed by atoms with Crippen LogP contribution in [0, 0.1) is 0 Å². The Hall–Kier alpha value is -2.88. The van der Waals surface area contributed by atoms with Gasteiger partial charge in [0.1, 0.15) is 18.5 Å². The molecule has 3 aromatic rings. The molecule has 0 aliphatic carbocycles. The van der Waals surface area contributed by atoms with Gasteiger partial charge in [0.15, 0.2) is 0 Å². The molecule has 160 valence electrons. The summed E-state index contributed by atoms with van der Waals surface area (Å²) in [6.45, 7) is 4.65. The summed E-state index contributed by atoms with van der Waals surface area (Å²) in [5.74, 6) is 0.906. The highest BCUT2D eigenvalue weighted by Gasteiger charge is 2.24. The van der Waals surface area contributed by atoms with E-state index in [0.29, 0.717) is 6.61 Å². The number of hydrogen-bond donors (Lipinski definition) is 0. The summed E-state index contributed by atoms with van der Waals surface area (Å²) in [6, 6.07) is 28.1. The molecule has 3 heteroatoms. The lowest BCUT2D eigenvalue weighted by Gasteiger charge is -2.17. The molecule has 3 nitrogen and oxygen atoms in total. The molecule has 1 unspecified atom stereocenters. The molecule has 0 aromatic heterocycles. The molecule has 1 aliphatic rings. The van der Waals surface area contributed by atoms with Crippen LogP contribution in [0.3, 0.4) is 0 Å². The lowest BCUT2D eigenvalue weighted by Crippen LogP contribution is -2.19. The fourth-order valence-electron chi connectivity index (χ4n) is 3.85. The zero-order valence-electron chi connectivity index (χ0n) is 18.7. The number of ether oxygens (including phenoxy) is 2. The Kier molecular flexibility index (Phi) is 6.86. The van der Waals surface area contributed by atoms with Crippen molar-refractivity contribution in [1.82, 2.24) is 4.90 Å². The molecule has 1 atom stereocenters. The largest absolute Gasteiger partial charge is 0.492 e. The Morgan fingerprint density at radius 2 is 1.48 bits per heavy atom. The minimum Gasteiger partial charge on any atom is -0.492 e. The fraction of sp³-hybridized carbons (Fsp3) is 0.286. The van der Waals surface area contributed by atoms with E-state index in [-0.39, 0.29) is 6.10 Å².